The first-order chi connectivity index (χ1) is 8.70. The molecule has 0 spiro atoms. The molecule has 0 aliphatic heterocycles. The number of aryl methyl sites for hydroxylation is 1. The van der Waals surface area contributed by atoms with Gasteiger partial charge in [0.1, 0.15) is 18.2 Å². The van der Waals surface area contributed by atoms with Crippen LogP contribution in [-0.4, -0.2) is 16.6 Å². The van der Waals surface area contributed by atoms with Crippen LogP contribution in [0, 0.1) is 0 Å². The zero-order valence-corrected chi connectivity index (χ0v) is 12.1. The Morgan fingerprint density at radius 2 is 2.28 bits per heavy atom. The molecule has 0 saturated carbocycles. The molecular weight excluding hydrogens is 294 g/mol. The molecule has 0 atom stereocenters. The minimum atomic E-state index is 0.474. The Kier molecular flexibility index (Phi) is 4.38. The average Bonchev–Trinajstić information content (AvgIpc) is 2.74. The normalized spacial score (nSPS) is 10.6. The summed E-state index contributed by atoms with van der Waals surface area (Å²) in [5.41, 5.74) is 1.13. The standard InChI is InChI=1S/C13H16BrN3O/c1-15-8-10-7-11(14)3-4-12(10)18-9-13-16-5-6-17(13)2/h3-7,15H,8-9H2,1-2H3. The van der Waals surface area contributed by atoms with Crippen molar-refractivity contribution in [3.05, 3.63) is 46.5 Å². The van der Waals surface area contributed by atoms with E-state index in [1.54, 1.807) is 6.20 Å². The number of benzene rings is 1. The Morgan fingerprint density at radius 3 is 2.94 bits per heavy atom. The van der Waals surface area contributed by atoms with E-state index in [0.717, 1.165) is 28.2 Å². The highest BCUT2D eigenvalue weighted by atomic mass is 79.9. The molecule has 1 N–H and O–H groups in total. The second-order valence-electron chi connectivity index (χ2n) is 4.03. The summed E-state index contributed by atoms with van der Waals surface area (Å²) in [5.74, 6) is 1.80. The minimum Gasteiger partial charge on any atom is -0.485 e. The van der Waals surface area contributed by atoms with Gasteiger partial charge in [0, 0.05) is 36.0 Å². The van der Waals surface area contributed by atoms with Crippen molar-refractivity contribution in [3.63, 3.8) is 0 Å². The molecule has 0 aliphatic carbocycles. The van der Waals surface area contributed by atoms with Gasteiger partial charge in [-0.15, -0.1) is 0 Å². The maximum Gasteiger partial charge on any atom is 0.146 e. The number of hydrogen-bond donors (Lipinski definition) is 1. The summed E-state index contributed by atoms with van der Waals surface area (Å²) in [4.78, 5) is 4.24. The SMILES string of the molecule is CNCc1cc(Br)ccc1OCc1nccn1C. The number of ether oxygens (including phenoxy) is 1. The van der Waals surface area contributed by atoms with Crippen molar-refractivity contribution >= 4 is 15.9 Å². The van der Waals surface area contributed by atoms with Crippen molar-refractivity contribution < 1.29 is 4.74 Å². The summed E-state index contributed by atoms with van der Waals surface area (Å²) in [6.45, 7) is 1.25. The van der Waals surface area contributed by atoms with Crippen LogP contribution < -0.4 is 10.1 Å². The summed E-state index contributed by atoms with van der Waals surface area (Å²) in [5, 5.41) is 3.13. The first-order valence-corrected chi connectivity index (χ1v) is 6.52. The van der Waals surface area contributed by atoms with Gasteiger partial charge in [0.15, 0.2) is 0 Å². The zero-order chi connectivity index (χ0) is 13.0. The smallest absolute Gasteiger partial charge is 0.146 e. The number of nitrogens with one attached hydrogen (secondary N) is 1. The summed E-state index contributed by atoms with van der Waals surface area (Å²) < 4.78 is 8.83. The maximum absolute atomic E-state index is 5.83. The van der Waals surface area contributed by atoms with Gasteiger partial charge in [0.25, 0.3) is 0 Å². The van der Waals surface area contributed by atoms with Crippen molar-refractivity contribution in [2.75, 3.05) is 7.05 Å². The second kappa shape index (κ2) is 6.02. The van der Waals surface area contributed by atoms with Crippen LogP contribution in [-0.2, 0) is 20.2 Å². The van der Waals surface area contributed by atoms with Crippen LogP contribution in [0.5, 0.6) is 5.75 Å². The molecule has 1 heterocycles. The molecule has 0 unspecified atom stereocenters. The third-order valence-electron chi connectivity index (χ3n) is 2.67. The number of imidazole rings is 1. The number of aromatic nitrogens is 2. The molecule has 0 aliphatic rings. The molecule has 0 bridgehead atoms. The first kappa shape index (κ1) is 13.1. The van der Waals surface area contributed by atoms with Gasteiger partial charge in [0.05, 0.1) is 0 Å². The Balaban J connectivity index is 2.11. The third-order valence-corrected chi connectivity index (χ3v) is 3.16. The number of rotatable bonds is 5. The average molecular weight is 310 g/mol. The Labute approximate surface area is 115 Å². The van der Waals surface area contributed by atoms with Gasteiger partial charge in [0.2, 0.25) is 0 Å². The Bertz CT molecular complexity index is 525. The van der Waals surface area contributed by atoms with E-state index >= 15 is 0 Å². The van der Waals surface area contributed by atoms with Crippen LogP contribution in [0.2, 0.25) is 0 Å². The number of hydrogen-bond acceptors (Lipinski definition) is 3. The van der Waals surface area contributed by atoms with Gasteiger partial charge < -0.3 is 14.6 Å². The highest BCUT2D eigenvalue weighted by molar-refractivity contribution is 9.10. The molecule has 2 aromatic rings. The molecule has 2 rings (SSSR count). The molecule has 0 radical (unpaired) electrons. The lowest BCUT2D eigenvalue weighted by Gasteiger charge is -2.11. The molecule has 0 fully saturated rings. The quantitative estimate of drug-likeness (QED) is 0.922. The molecule has 1 aromatic heterocycles. The molecule has 4 nitrogen and oxygen atoms in total. The lowest BCUT2D eigenvalue weighted by atomic mass is 10.2. The highest BCUT2D eigenvalue weighted by Gasteiger charge is 2.06. The maximum atomic E-state index is 5.83. The molecule has 1 aromatic carbocycles. The summed E-state index contributed by atoms with van der Waals surface area (Å²) >= 11 is 3.47. The first-order valence-electron chi connectivity index (χ1n) is 5.72. The third kappa shape index (κ3) is 3.11. The van der Waals surface area contributed by atoms with Crippen molar-refractivity contribution in [2.24, 2.45) is 7.05 Å². The van der Waals surface area contributed by atoms with E-state index < -0.39 is 0 Å². The van der Waals surface area contributed by atoms with E-state index in [4.69, 9.17) is 4.74 Å². The molecule has 96 valence electrons. The van der Waals surface area contributed by atoms with Crippen LogP contribution in [0.25, 0.3) is 0 Å². The van der Waals surface area contributed by atoms with Crippen LogP contribution in [0.15, 0.2) is 35.1 Å². The molecule has 18 heavy (non-hydrogen) atoms. The fourth-order valence-corrected chi connectivity index (χ4v) is 2.10. The second-order valence-corrected chi connectivity index (χ2v) is 4.94. The van der Waals surface area contributed by atoms with Gasteiger partial charge in [-0.1, -0.05) is 15.9 Å². The van der Waals surface area contributed by atoms with Crippen molar-refractivity contribution in [3.8, 4) is 5.75 Å². The number of nitrogens with zero attached hydrogens (tertiary/aromatic N) is 2. The summed E-state index contributed by atoms with van der Waals surface area (Å²) in [7, 11) is 3.88. The predicted molar refractivity (Wildman–Crippen MR) is 74.4 cm³/mol. The molecular formula is C13H16BrN3O. The monoisotopic (exact) mass is 309 g/mol. The van der Waals surface area contributed by atoms with Crippen molar-refractivity contribution in [1.82, 2.24) is 14.9 Å². The predicted octanol–water partition coefficient (Wildman–Crippen LogP) is 2.48. The Hall–Kier alpha value is -1.33. The van der Waals surface area contributed by atoms with Crippen molar-refractivity contribution in [1.29, 1.82) is 0 Å². The van der Waals surface area contributed by atoms with Gasteiger partial charge >= 0.3 is 0 Å². The summed E-state index contributed by atoms with van der Waals surface area (Å²) in [6.07, 6.45) is 3.68. The molecule has 0 amide bonds. The lowest BCUT2D eigenvalue weighted by Crippen LogP contribution is -2.09. The van der Waals surface area contributed by atoms with E-state index in [-0.39, 0.29) is 0 Å². The molecule has 5 heteroatoms. The lowest BCUT2D eigenvalue weighted by molar-refractivity contribution is 0.288. The fraction of sp³-hybridized carbons (Fsp3) is 0.308. The largest absolute Gasteiger partial charge is 0.485 e. The number of halogens is 1. The Morgan fingerprint density at radius 1 is 1.44 bits per heavy atom. The van der Waals surface area contributed by atoms with Crippen LogP contribution >= 0.6 is 15.9 Å². The van der Waals surface area contributed by atoms with Gasteiger partial charge in [-0.25, -0.2) is 4.98 Å². The minimum absolute atomic E-state index is 0.474. The van der Waals surface area contributed by atoms with E-state index in [2.05, 4.69) is 32.3 Å². The van der Waals surface area contributed by atoms with E-state index in [9.17, 15) is 0 Å². The van der Waals surface area contributed by atoms with Crippen LogP contribution in [0.4, 0.5) is 0 Å². The van der Waals surface area contributed by atoms with Crippen LogP contribution in [0.1, 0.15) is 11.4 Å². The zero-order valence-electron chi connectivity index (χ0n) is 10.5. The van der Waals surface area contributed by atoms with Gasteiger partial charge in [-0.3, -0.25) is 0 Å². The summed E-state index contributed by atoms with van der Waals surface area (Å²) in [6, 6.07) is 6.01. The highest BCUT2D eigenvalue weighted by Crippen LogP contribution is 2.23. The van der Waals surface area contributed by atoms with Gasteiger partial charge in [-0.05, 0) is 25.2 Å². The topological polar surface area (TPSA) is 39.1 Å². The van der Waals surface area contributed by atoms with E-state index in [1.807, 2.05) is 37.0 Å². The van der Waals surface area contributed by atoms with Gasteiger partial charge in [-0.2, -0.15) is 0 Å². The van der Waals surface area contributed by atoms with E-state index in [1.165, 1.54) is 0 Å². The van der Waals surface area contributed by atoms with E-state index in [0.29, 0.717) is 6.61 Å². The molecule has 0 saturated heterocycles. The fourth-order valence-electron chi connectivity index (χ4n) is 1.70. The van der Waals surface area contributed by atoms with Crippen LogP contribution in [0.3, 0.4) is 0 Å². The van der Waals surface area contributed by atoms with Crippen molar-refractivity contribution in [2.45, 2.75) is 13.2 Å².